The number of para-hydroxylation sites is 1. The molecule has 5 aromatic rings. The summed E-state index contributed by atoms with van der Waals surface area (Å²) in [5.74, 6) is 1.13. The lowest BCUT2D eigenvalue weighted by atomic mass is 10.1. The van der Waals surface area contributed by atoms with Gasteiger partial charge in [-0.25, -0.2) is 4.98 Å². The topological polar surface area (TPSA) is 81.6 Å². The number of carbonyl (C=O) groups excluding carboxylic acids is 1. The lowest BCUT2D eigenvalue weighted by Crippen LogP contribution is -2.30. The third-order valence-electron chi connectivity index (χ3n) is 5.39. The minimum absolute atomic E-state index is 0.152. The molecule has 166 valence electrons. The number of amides is 1. The summed E-state index contributed by atoms with van der Waals surface area (Å²) in [6.45, 7) is 2.64. The highest BCUT2D eigenvalue weighted by Gasteiger charge is 2.25. The molecule has 1 amide bonds. The zero-order chi connectivity index (χ0) is 22.8. The van der Waals surface area contributed by atoms with Crippen molar-refractivity contribution in [3.8, 4) is 17.2 Å². The summed E-state index contributed by atoms with van der Waals surface area (Å²) in [5, 5.41) is 6.66. The number of fused-ring (bicyclic) bond motifs is 1. The maximum Gasteiger partial charge on any atom is 0.259 e. The standard InChI is InChI=1S/C25H21N3O4S/c1-16-23-19(13-20(22-10-5-11-31-22)26-24(23)32-27-16)25(29)28(15-18-8-6-12-33-18)14-17-7-3-4-9-21(17)30-2/h3-13H,14-15H2,1-2H3. The third-order valence-corrected chi connectivity index (χ3v) is 6.25. The Kier molecular flexibility index (Phi) is 5.66. The number of pyridine rings is 1. The Hall–Kier alpha value is -3.91. The van der Waals surface area contributed by atoms with Crippen molar-refractivity contribution >= 4 is 28.3 Å². The van der Waals surface area contributed by atoms with Crippen LogP contribution in [0.2, 0.25) is 0 Å². The van der Waals surface area contributed by atoms with Crippen molar-refractivity contribution in [3.63, 3.8) is 0 Å². The van der Waals surface area contributed by atoms with E-state index in [9.17, 15) is 4.79 Å². The SMILES string of the molecule is COc1ccccc1CN(Cc1cccs1)C(=O)c1cc(-c2ccco2)nc2onc(C)c12. The smallest absolute Gasteiger partial charge is 0.259 e. The Morgan fingerprint density at radius 1 is 1.12 bits per heavy atom. The van der Waals surface area contributed by atoms with Crippen LogP contribution >= 0.6 is 11.3 Å². The van der Waals surface area contributed by atoms with Crippen LogP contribution in [0.3, 0.4) is 0 Å². The van der Waals surface area contributed by atoms with Crippen LogP contribution in [-0.4, -0.2) is 28.1 Å². The number of ether oxygens (including phenoxy) is 1. The molecule has 8 heteroatoms. The first-order valence-corrected chi connectivity index (χ1v) is 11.3. The number of aromatic nitrogens is 2. The predicted molar refractivity (Wildman–Crippen MR) is 125 cm³/mol. The van der Waals surface area contributed by atoms with Gasteiger partial charge in [-0.1, -0.05) is 29.4 Å². The van der Waals surface area contributed by atoms with Gasteiger partial charge in [-0.2, -0.15) is 0 Å². The maximum atomic E-state index is 14.0. The number of aryl methyl sites for hydroxylation is 1. The van der Waals surface area contributed by atoms with Gasteiger partial charge in [0, 0.05) is 10.4 Å². The molecule has 0 radical (unpaired) electrons. The summed E-state index contributed by atoms with van der Waals surface area (Å²) in [4.78, 5) is 21.4. The lowest BCUT2D eigenvalue weighted by molar-refractivity contribution is 0.0732. The van der Waals surface area contributed by atoms with E-state index in [-0.39, 0.29) is 5.91 Å². The zero-order valence-corrected chi connectivity index (χ0v) is 19.0. The van der Waals surface area contributed by atoms with Gasteiger partial charge >= 0.3 is 0 Å². The Balaban J connectivity index is 1.61. The van der Waals surface area contributed by atoms with Gasteiger partial charge in [0.2, 0.25) is 0 Å². The van der Waals surface area contributed by atoms with Crippen molar-refractivity contribution in [2.24, 2.45) is 0 Å². The molecule has 0 unspecified atom stereocenters. The van der Waals surface area contributed by atoms with Gasteiger partial charge in [0.1, 0.15) is 11.4 Å². The van der Waals surface area contributed by atoms with Gasteiger partial charge in [-0.3, -0.25) is 4.79 Å². The van der Waals surface area contributed by atoms with E-state index < -0.39 is 0 Å². The van der Waals surface area contributed by atoms with Gasteiger partial charge < -0.3 is 18.6 Å². The third kappa shape index (κ3) is 4.12. The van der Waals surface area contributed by atoms with E-state index in [0.717, 1.165) is 16.2 Å². The van der Waals surface area contributed by atoms with Crippen LogP contribution in [0.5, 0.6) is 5.75 Å². The molecule has 0 spiro atoms. The molecule has 0 N–H and O–H groups in total. The molecule has 0 atom stereocenters. The summed E-state index contributed by atoms with van der Waals surface area (Å²) < 4.78 is 16.5. The van der Waals surface area contributed by atoms with E-state index in [1.807, 2.05) is 41.8 Å². The predicted octanol–water partition coefficient (Wildman–Crippen LogP) is 5.70. The monoisotopic (exact) mass is 459 g/mol. The number of hydrogen-bond donors (Lipinski definition) is 0. The molecule has 0 bridgehead atoms. The highest BCUT2D eigenvalue weighted by atomic mass is 32.1. The van der Waals surface area contributed by atoms with Crippen molar-refractivity contribution in [1.29, 1.82) is 0 Å². The number of rotatable bonds is 7. The first kappa shape index (κ1) is 21.0. The minimum Gasteiger partial charge on any atom is -0.496 e. The number of carbonyl (C=O) groups is 1. The molecule has 4 aromatic heterocycles. The van der Waals surface area contributed by atoms with Crippen molar-refractivity contribution in [3.05, 3.63) is 87.9 Å². The van der Waals surface area contributed by atoms with Gasteiger partial charge in [0.25, 0.3) is 11.6 Å². The molecule has 1 aromatic carbocycles. The van der Waals surface area contributed by atoms with Crippen molar-refractivity contribution in [2.75, 3.05) is 7.11 Å². The van der Waals surface area contributed by atoms with Gasteiger partial charge in [-0.15, -0.1) is 11.3 Å². The van der Waals surface area contributed by atoms with E-state index in [1.165, 1.54) is 0 Å². The van der Waals surface area contributed by atoms with Gasteiger partial charge in [0.15, 0.2) is 5.76 Å². The van der Waals surface area contributed by atoms with Gasteiger partial charge in [0.05, 0.1) is 43.1 Å². The average Bonchev–Trinajstić information content (AvgIpc) is 3.61. The zero-order valence-electron chi connectivity index (χ0n) is 18.1. The molecule has 7 nitrogen and oxygen atoms in total. The van der Waals surface area contributed by atoms with E-state index in [2.05, 4.69) is 10.1 Å². The fourth-order valence-corrected chi connectivity index (χ4v) is 4.53. The van der Waals surface area contributed by atoms with Gasteiger partial charge in [-0.05, 0) is 42.6 Å². The van der Waals surface area contributed by atoms with Crippen LogP contribution in [-0.2, 0) is 13.1 Å². The molecule has 0 aliphatic rings. The Labute approximate surface area is 194 Å². The van der Waals surface area contributed by atoms with Crippen molar-refractivity contribution < 1.29 is 18.5 Å². The normalized spacial score (nSPS) is 11.1. The summed E-state index contributed by atoms with van der Waals surface area (Å²) in [5.41, 5.74) is 2.82. The molecule has 33 heavy (non-hydrogen) atoms. The molecule has 0 saturated heterocycles. The Bertz CT molecular complexity index is 1390. The van der Waals surface area contributed by atoms with E-state index in [1.54, 1.807) is 54.7 Å². The number of furan rings is 1. The number of nitrogens with zero attached hydrogens (tertiary/aromatic N) is 3. The molecular weight excluding hydrogens is 438 g/mol. The fourth-order valence-electron chi connectivity index (χ4n) is 3.81. The molecule has 0 saturated carbocycles. The average molecular weight is 460 g/mol. The second-order valence-electron chi connectivity index (χ2n) is 7.53. The maximum absolute atomic E-state index is 14.0. The summed E-state index contributed by atoms with van der Waals surface area (Å²) in [6.07, 6.45) is 1.57. The molecule has 0 aliphatic carbocycles. The number of hydrogen-bond acceptors (Lipinski definition) is 7. The highest BCUT2D eigenvalue weighted by molar-refractivity contribution is 7.09. The van der Waals surface area contributed by atoms with Crippen LogP contribution in [0.15, 0.2) is 75.2 Å². The summed E-state index contributed by atoms with van der Waals surface area (Å²) >= 11 is 1.61. The first-order chi connectivity index (χ1) is 16.1. The second kappa shape index (κ2) is 8.91. The minimum atomic E-state index is -0.152. The second-order valence-corrected chi connectivity index (χ2v) is 8.57. The van der Waals surface area contributed by atoms with Crippen LogP contribution in [0.25, 0.3) is 22.6 Å². The quantitative estimate of drug-likeness (QED) is 0.310. The Morgan fingerprint density at radius 2 is 2.00 bits per heavy atom. The molecular formula is C25H21N3O4S. The van der Waals surface area contributed by atoms with Crippen LogP contribution in [0, 0.1) is 6.92 Å². The number of methoxy groups -OCH3 is 1. The molecule has 4 heterocycles. The summed E-state index contributed by atoms with van der Waals surface area (Å²) in [6, 6.07) is 17.0. The van der Waals surface area contributed by atoms with E-state index in [0.29, 0.717) is 46.9 Å². The van der Waals surface area contributed by atoms with E-state index >= 15 is 0 Å². The molecule has 0 fully saturated rings. The lowest BCUT2D eigenvalue weighted by Gasteiger charge is -2.24. The first-order valence-electron chi connectivity index (χ1n) is 10.4. The van der Waals surface area contributed by atoms with Crippen molar-refractivity contribution in [2.45, 2.75) is 20.0 Å². The number of thiophene rings is 1. The number of benzene rings is 1. The fraction of sp³-hybridized carbons (Fsp3) is 0.160. The van der Waals surface area contributed by atoms with Crippen molar-refractivity contribution in [1.82, 2.24) is 15.0 Å². The summed E-state index contributed by atoms with van der Waals surface area (Å²) in [7, 11) is 1.63. The van der Waals surface area contributed by atoms with Crippen LogP contribution < -0.4 is 4.74 Å². The van der Waals surface area contributed by atoms with E-state index in [4.69, 9.17) is 13.7 Å². The van der Waals surface area contributed by atoms with Crippen LogP contribution in [0.1, 0.15) is 26.5 Å². The highest BCUT2D eigenvalue weighted by Crippen LogP contribution is 2.30. The molecule has 5 rings (SSSR count). The largest absolute Gasteiger partial charge is 0.496 e. The van der Waals surface area contributed by atoms with Crippen LogP contribution in [0.4, 0.5) is 0 Å². The molecule has 0 aliphatic heterocycles. The Morgan fingerprint density at radius 3 is 2.76 bits per heavy atom.